The zero-order valence-electron chi connectivity index (χ0n) is 11.6. The molecule has 0 heterocycles. The minimum absolute atomic E-state index is 0.0862. The second kappa shape index (κ2) is 7.00. The van der Waals surface area contributed by atoms with Gasteiger partial charge >= 0.3 is 0 Å². The fraction of sp³-hybridized carbons (Fsp3) is 0.538. The van der Waals surface area contributed by atoms with E-state index in [1.807, 2.05) is 20.0 Å². The van der Waals surface area contributed by atoms with Crippen molar-refractivity contribution in [3.8, 4) is 0 Å². The van der Waals surface area contributed by atoms with E-state index in [0.29, 0.717) is 6.54 Å². The minimum Gasteiger partial charge on any atom is -0.395 e. The van der Waals surface area contributed by atoms with E-state index in [1.165, 1.54) is 4.31 Å². The lowest BCUT2D eigenvalue weighted by atomic mass is 10.1. The van der Waals surface area contributed by atoms with Crippen molar-refractivity contribution in [2.75, 3.05) is 26.7 Å². The fourth-order valence-corrected chi connectivity index (χ4v) is 3.32. The van der Waals surface area contributed by atoms with Gasteiger partial charge in [0.25, 0.3) is 0 Å². The third-order valence-corrected chi connectivity index (χ3v) is 5.10. The quantitative estimate of drug-likeness (QED) is 0.783. The topological polar surface area (TPSA) is 69.6 Å². The second-order valence-corrected chi connectivity index (χ2v) is 6.24. The van der Waals surface area contributed by atoms with Crippen LogP contribution in [0.4, 0.5) is 0 Å². The van der Waals surface area contributed by atoms with Crippen LogP contribution in [0.15, 0.2) is 29.2 Å². The van der Waals surface area contributed by atoms with Gasteiger partial charge in [0.05, 0.1) is 11.5 Å². The van der Waals surface area contributed by atoms with Gasteiger partial charge in [-0.2, -0.15) is 4.31 Å². The van der Waals surface area contributed by atoms with Gasteiger partial charge < -0.3 is 10.4 Å². The lowest BCUT2D eigenvalue weighted by Crippen LogP contribution is -2.33. The van der Waals surface area contributed by atoms with E-state index in [9.17, 15) is 8.42 Å². The zero-order valence-corrected chi connectivity index (χ0v) is 12.4. The number of sulfonamides is 1. The van der Waals surface area contributed by atoms with Gasteiger partial charge in [-0.3, -0.25) is 0 Å². The van der Waals surface area contributed by atoms with E-state index in [4.69, 9.17) is 5.11 Å². The monoisotopic (exact) mass is 286 g/mol. The molecule has 6 heteroatoms. The zero-order chi connectivity index (χ0) is 14.5. The molecule has 0 spiro atoms. The Hall–Kier alpha value is -0.950. The van der Waals surface area contributed by atoms with Crippen LogP contribution in [0.3, 0.4) is 0 Å². The van der Waals surface area contributed by atoms with Gasteiger partial charge in [-0.05, 0) is 31.7 Å². The van der Waals surface area contributed by atoms with Crippen LogP contribution in [0.25, 0.3) is 0 Å². The molecule has 1 aromatic carbocycles. The maximum atomic E-state index is 12.4. The Kier molecular flexibility index (Phi) is 5.93. The van der Waals surface area contributed by atoms with Crippen LogP contribution in [-0.2, 0) is 10.0 Å². The number of rotatable bonds is 7. The van der Waals surface area contributed by atoms with Crippen molar-refractivity contribution in [3.63, 3.8) is 0 Å². The Morgan fingerprint density at radius 1 is 1.42 bits per heavy atom. The Labute approximate surface area is 115 Å². The Balaban J connectivity index is 3.14. The van der Waals surface area contributed by atoms with Crippen molar-refractivity contribution in [2.45, 2.75) is 24.8 Å². The molecular weight excluding hydrogens is 264 g/mol. The molecular formula is C13H22N2O3S. The van der Waals surface area contributed by atoms with Crippen LogP contribution in [0.2, 0.25) is 0 Å². The summed E-state index contributed by atoms with van der Waals surface area (Å²) < 4.78 is 26.1. The molecule has 19 heavy (non-hydrogen) atoms. The first kappa shape index (κ1) is 16.1. The van der Waals surface area contributed by atoms with Crippen LogP contribution in [0, 0.1) is 0 Å². The number of nitrogens with zero attached hydrogens (tertiary/aromatic N) is 1. The van der Waals surface area contributed by atoms with Gasteiger partial charge in [0.2, 0.25) is 10.0 Å². The minimum atomic E-state index is -3.53. The number of aliphatic hydroxyl groups is 1. The summed E-state index contributed by atoms with van der Waals surface area (Å²) in [5, 5.41) is 12.0. The van der Waals surface area contributed by atoms with Gasteiger partial charge in [0.1, 0.15) is 0 Å². The van der Waals surface area contributed by atoms with Crippen LogP contribution in [-0.4, -0.2) is 44.6 Å². The SMILES string of the molecule is CCN(CCO)S(=O)(=O)c1cccc(C(C)NC)c1. The third kappa shape index (κ3) is 3.76. The highest BCUT2D eigenvalue weighted by atomic mass is 32.2. The average Bonchev–Trinajstić information content (AvgIpc) is 2.43. The summed E-state index contributed by atoms with van der Waals surface area (Å²) in [6, 6.07) is 6.98. The Bertz CT molecular complexity index is 502. The molecule has 1 rings (SSSR count). The first-order valence-electron chi connectivity index (χ1n) is 6.35. The van der Waals surface area contributed by atoms with Crippen molar-refractivity contribution in [1.29, 1.82) is 0 Å². The fourth-order valence-electron chi connectivity index (χ4n) is 1.82. The molecule has 0 aliphatic heterocycles. The molecule has 1 aromatic rings. The van der Waals surface area contributed by atoms with Gasteiger partial charge in [-0.15, -0.1) is 0 Å². The summed E-state index contributed by atoms with van der Waals surface area (Å²) in [6.45, 7) is 4.00. The third-order valence-electron chi connectivity index (χ3n) is 3.13. The maximum absolute atomic E-state index is 12.4. The van der Waals surface area contributed by atoms with E-state index in [1.54, 1.807) is 25.1 Å². The highest BCUT2D eigenvalue weighted by Gasteiger charge is 2.23. The van der Waals surface area contributed by atoms with Crippen molar-refractivity contribution in [1.82, 2.24) is 9.62 Å². The lowest BCUT2D eigenvalue weighted by molar-refractivity contribution is 0.257. The van der Waals surface area contributed by atoms with Crippen molar-refractivity contribution in [2.24, 2.45) is 0 Å². The molecule has 0 saturated heterocycles. The molecule has 0 radical (unpaired) electrons. The van der Waals surface area contributed by atoms with Crippen LogP contribution in [0.1, 0.15) is 25.5 Å². The van der Waals surface area contributed by atoms with Crippen molar-refractivity contribution < 1.29 is 13.5 Å². The van der Waals surface area contributed by atoms with Crippen LogP contribution < -0.4 is 5.32 Å². The number of hydrogen-bond donors (Lipinski definition) is 2. The highest BCUT2D eigenvalue weighted by Crippen LogP contribution is 2.20. The first-order chi connectivity index (χ1) is 8.97. The molecule has 1 atom stereocenters. The summed E-state index contributed by atoms with van der Waals surface area (Å²) in [4.78, 5) is 0.266. The summed E-state index contributed by atoms with van der Waals surface area (Å²) in [6.07, 6.45) is 0. The lowest BCUT2D eigenvalue weighted by Gasteiger charge is -2.20. The molecule has 0 bridgehead atoms. The highest BCUT2D eigenvalue weighted by molar-refractivity contribution is 7.89. The average molecular weight is 286 g/mol. The standard InChI is InChI=1S/C13H22N2O3S/c1-4-15(8-9-16)19(17,18)13-7-5-6-12(10-13)11(2)14-3/h5-7,10-11,14,16H,4,8-9H2,1-3H3. The van der Waals surface area contributed by atoms with E-state index >= 15 is 0 Å². The molecule has 108 valence electrons. The van der Waals surface area contributed by atoms with E-state index in [0.717, 1.165) is 5.56 Å². The smallest absolute Gasteiger partial charge is 0.243 e. The summed E-state index contributed by atoms with van der Waals surface area (Å²) in [5.41, 5.74) is 0.920. The normalized spacial score (nSPS) is 13.7. The Morgan fingerprint density at radius 2 is 2.11 bits per heavy atom. The molecule has 2 N–H and O–H groups in total. The van der Waals surface area contributed by atoms with E-state index in [2.05, 4.69) is 5.32 Å². The number of aliphatic hydroxyl groups excluding tert-OH is 1. The first-order valence-corrected chi connectivity index (χ1v) is 7.79. The largest absolute Gasteiger partial charge is 0.395 e. The molecule has 0 saturated carbocycles. The molecule has 0 aliphatic carbocycles. The van der Waals surface area contributed by atoms with E-state index in [-0.39, 0.29) is 24.1 Å². The maximum Gasteiger partial charge on any atom is 0.243 e. The summed E-state index contributed by atoms with van der Waals surface area (Å²) in [7, 11) is -1.70. The number of likely N-dealkylation sites (N-methyl/N-ethyl adjacent to an activating group) is 1. The van der Waals surface area contributed by atoms with Crippen LogP contribution >= 0.6 is 0 Å². The number of hydrogen-bond acceptors (Lipinski definition) is 4. The van der Waals surface area contributed by atoms with Crippen LogP contribution in [0.5, 0.6) is 0 Å². The summed E-state index contributed by atoms with van der Waals surface area (Å²) in [5.74, 6) is 0. The number of nitrogens with one attached hydrogen (secondary N) is 1. The van der Waals surface area contributed by atoms with Gasteiger partial charge in [0.15, 0.2) is 0 Å². The predicted octanol–water partition coefficient (Wildman–Crippen LogP) is 0.970. The summed E-state index contributed by atoms with van der Waals surface area (Å²) >= 11 is 0. The van der Waals surface area contributed by atoms with Crippen molar-refractivity contribution >= 4 is 10.0 Å². The van der Waals surface area contributed by atoms with E-state index < -0.39 is 10.0 Å². The van der Waals surface area contributed by atoms with Gasteiger partial charge in [-0.1, -0.05) is 19.1 Å². The van der Waals surface area contributed by atoms with Crippen molar-refractivity contribution in [3.05, 3.63) is 29.8 Å². The van der Waals surface area contributed by atoms with Gasteiger partial charge in [0, 0.05) is 19.1 Å². The van der Waals surface area contributed by atoms with Gasteiger partial charge in [-0.25, -0.2) is 8.42 Å². The predicted molar refractivity (Wildman–Crippen MR) is 75.4 cm³/mol. The molecule has 0 aliphatic rings. The molecule has 0 amide bonds. The Morgan fingerprint density at radius 3 is 2.63 bits per heavy atom. The second-order valence-electron chi connectivity index (χ2n) is 4.30. The molecule has 1 unspecified atom stereocenters. The molecule has 0 aromatic heterocycles. The molecule has 0 fully saturated rings. The number of benzene rings is 1. The molecule has 5 nitrogen and oxygen atoms in total.